The van der Waals surface area contributed by atoms with Gasteiger partial charge in [0, 0.05) is 0 Å². The first-order valence-corrected chi connectivity index (χ1v) is 4.97. The zero-order valence-corrected chi connectivity index (χ0v) is 8.50. The van der Waals surface area contributed by atoms with Crippen LogP contribution in [0.2, 0.25) is 0 Å². The van der Waals surface area contributed by atoms with Gasteiger partial charge in [0.25, 0.3) is 6.47 Å². The Morgan fingerprint density at radius 2 is 2.15 bits per heavy atom. The van der Waals surface area contributed by atoms with Crippen molar-refractivity contribution < 1.29 is 9.53 Å². The molecule has 0 rings (SSSR count). The maximum absolute atomic E-state index is 9.89. The van der Waals surface area contributed by atoms with Gasteiger partial charge in [-0.3, -0.25) is 4.79 Å². The molecule has 0 aromatic carbocycles. The SMILES string of the molecule is C=CCCCCCC(C)COC=O. The van der Waals surface area contributed by atoms with Crippen molar-refractivity contribution in [2.75, 3.05) is 6.61 Å². The highest BCUT2D eigenvalue weighted by Crippen LogP contribution is 2.10. The average Bonchev–Trinajstić information content (AvgIpc) is 2.14. The summed E-state index contributed by atoms with van der Waals surface area (Å²) in [5.74, 6) is 0.494. The summed E-state index contributed by atoms with van der Waals surface area (Å²) in [6.45, 7) is 6.87. The molecule has 0 aromatic heterocycles. The van der Waals surface area contributed by atoms with Gasteiger partial charge in [0.1, 0.15) is 0 Å². The van der Waals surface area contributed by atoms with Crippen molar-refractivity contribution in [3.63, 3.8) is 0 Å². The van der Waals surface area contributed by atoms with Gasteiger partial charge in [0.15, 0.2) is 0 Å². The van der Waals surface area contributed by atoms with Gasteiger partial charge in [-0.15, -0.1) is 6.58 Å². The van der Waals surface area contributed by atoms with Gasteiger partial charge in [0.05, 0.1) is 6.61 Å². The molecule has 0 bridgehead atoms. The first-order valence-electron chi connectivity index (χ1n) is 4.97. The Kier molecular flexibility index (Phi) is 8.73. The van der Waals surface area contributed by atoms with E-state index in [-0.39, 0.29) is 0 Å². The molecule has 1 atom stereocenters. The summed E-state index contributed by atoms with van der Waals surface area (Å²) in [6.07, 6.45) is 7.91. The summed E-state index contributed by atoms with van der Waals surface area (Å²) in [5, 5.41) is 0. The number of carbonyl (C=O) groups excluding carboxylic acids is 1. The van der Waals surface area contributed by atoms with Crippen molar-refractivity contribution in [3.8, 4) is 0 Å². The molecule has 0 aliphatic carbocycles. The molecule has 0 radical (unpaired) electrons. The highest BCUT2D eigenvalue weighted by Gasteiger charge is 2.01. The van der Waals surface area contributed by atoms with Gasteiger partial charge in [-0.1, -0.05) is 25.8 Å². The largest absolute Gasteiger partial charge is 0.468 e. The normalized spacial score (nSPS) is 12.1. The van der Waals surface area contributed by atoms with Crippen LogP contribution in [0.4, 0.5) is 0 Å². The van der Waals surface area contributed by atoms with Crippen molar-refractivity contribution in [2.45, 2.75) is 39.0 Å². The van der Waals surface area contributed by atoms with Crippen LogP contribution in [0.3, 0.4) is 0 Å². The van der Waals surface area contributed by atoms with Crippen molar-refractivity contribution in [1.29, 1.82) is 0 Å². The van der Waals surface area contributed by atoms with E-state index in [0.717, 1.165) is 12.8 Å². The smallest absolute Gasteiger partial charge is 0.293 e. The number of ether oxygens (including phenoxy) is 1. The number of hydrogen-bond donors (Lipinski definition) is 0. The van der Waals surface area contributed by atoms with Crippen LogP contribution in [0, 0.1) is 5.92 Å². The first kappa shape index (κ1) is 12.2. The van der Waals surface area contributed by atoms with Crippen LogP contribution in [0.1, 0.15) is 39.0 Å². The minimum absolute atomic E-state index is 0.494. The molecule has 13 heavy (non-hydrogen) atoms. The maximum atomic E-state index is 9.89. The molecule has 2 heteroatoms. The van der Waals surface area contributed by atoms with Crippen LogP contribution in [0.5, 0.6) is 0 Å². The Labute approximate surface area is 81.0 Å². The monoisotopic (exact) mass is 184 g/mol. The molecule has 0 spiro atoms. The fourth-order valence-corrected chi connectivity index (χ4v) is 1.25. The minimum Gasteiger partial charge on any atom is -0.468 e. The fraction of sp³-hybridized carbons (Fsp3) is 0.727. The van der Waals surface area contributed by atoms with Crippen molar-refractivity contribution in [1.82, 2.24) is 0 Å². The Hall–Kier alpha value is -0.790. The van der Waals surface area contributed by atoms with Gasteiger partial charge >= 0.3 is 0 Å². The van der Waals surface area contributed by atoms with Crippen LogP contribution in [-0.2, 0) is 9.53 Å². The molecule has 0 amide bonds. The first-order chi connectivity index (χ1) is 6.31. The number of carbonyl (C=O) groups is 1. The molecule has 0 aromatic rings. The molecule has 2 nitrogen and oxygen atoms in total. The van der Waals surface area contributed by atoms with E-state index in [0.29, 0.717) is 19.0 Å². The average molecular weight is 184 g/mol. The van der Waals surface area contributed by atoms with E-state index in [2.05, 4.69) is 18.2 Å². The van der Waals surface area contributed by atoms with E-state index >= 15 is 0 Å². The zero-order chi connectivity index (χ0) is 9.94. The van der Waals surface area contributed by atoms with E-state index in [9.17, 15) is 4.79 Å². The topological polar surface area (TPSA) is 26.3 Å². The van der Waals surface area contributed by atoms with E-state index in [1.54, 1.807) is 0 Å². The Bertz CT molecular complexity index is 132. The molecule has 76 valence electrons. The lowest BCUT2D eigenvalue weighted by Gasteiger charge is -2.08. The Morgan fingerprint density at radius 3 is 2.77 bits per heavy atom. The second kappa shape index (κ2) is 9.30. The maximum Gasteiger partial charge on any atom is 0.293 e. The molecule has 0 N–H and O–H groups in total. The molecule has 0 heterocycles. The highest BCUT2D eigenvalue weighted by atomic mass is 16.5. The lowest BCUT2D eigenvalue weighted by Crippen LogP contribution is -2.04. The summed E-state index contributed by atoms with van der Waals surface area (Å²) < 4.78 is 4.68. The van der Waals surface area contributed by atoms with Crippen LogP contribution >= 0.6 is 0 Å². The van der Waals surface area contributed by atoms with Gasteiger partial charge in [-0.25, -0.2) is 0 Å². The highest BCUT2D eigenvalue weighted by molar-refractivity contribution is 5.36. The van der Waals surface area contributed by atoms with Crippen molar-refractivity contribution >= 4 is 6.47 Å². The molecular weight excluding hydrogens is 164 g/mol. The molecule has 1 unspecified atom stereocenters. The Morgan fingerprint density at radius 1 is 1.38 bits per heavy atom. The summed E-state index contributed by atoms with van der Waals surface area (Å²) >= 11 is 0. The van der Waals surface area contributed by atoms with Gasteiger partial charge in [0.2, 0.25) is 0 Å². The third kappa shape index (κ3) is 9.12. The van der Waals surface area contributed by atoms with Crippen molar-refractivity contribution in [2.24, 2.45) is 5.92 Å². The second-order valence-electron chi connectivity index (χ2n) is 3.46. The summed E-state index contributed by atoms with van der Waals surface area (Å²) in [6, 6.07) is 0. The van der Waals surface area contributed by atoms with E-state index in [4.69, 9.17) is 0 Å². The second-order valence-corrected chi connectivity index (χ2v) is 3.46. The van der Waals surface area contributed by atoms with Crippen molar-refractivity contribution in [3.05, 3.63) is 12.7 Å². The predicted molar refractivity (Wildman–Crippen MR) is 54.5 cm³/mol. The van der Waals surface area contributed by atoms with Gasteiger partial charge < -0.3 is 4.74 Å². The number of allylic oxidation sites excluding steroid dienone is 1. The molecule has 0 aliphatic heterocycles. The summed E-state index contributed by atoms with van der Waals surface area (Å²) in [5.41, 5.74) is 0. The number of unbranched alkanes of at least 4 members (excludes halogenated alkanes) is 3. The van der Waals surface area contributed by atoms with E-state index < -0.39 is 0 Å². The lowest BCUT2D eigenvalue weighted by atomic mass is 10.0. The van der Waals surface area contributed by atoms with Crippen LogP contribution in [-0.4, -0.2) is 13.1 Å². The standard InChI is InChI=1S/C11H20O2/c1-3-4-5-6-7-8-11(2)9-13-10-12/h3,10-11H,1,4-9H2,2H3. The Balaban J connectivity index is 3.11. The van der Waals surface area contributed by atoms with Gasteiger partial charge in [-0.05, 0) is 25.2 Å². The third-order valence-corrected chi connectivity index (χ3v) is 2.05. The molecular formula is C11H20O2. The number of rotatable bonds is 9. The molecule has 0 aliphatic rings. The quantitative estimate of drug-likeness (QED) is 0.313. The zero-order valence-electron chi connectivity index (χ0n) is 8.50. The predicted octanol–water partition coefficient (Wildman–Crippen LogP) is 2.93. The summed E-state index contributed by atoms with van der Waals surface area (Å²) in [7, 11) is 0. The molecule has 0 saturated carbocycles. The molecule has 0 fully saturated rings. The summed E-state index contributed by atoms with van der Waals surface area (Å²) in [4.78, 5) is 9.89. The third-order valence-electron chi connectivity index (χ3n) is 2.05. The van der Waals surface area contributed by atoms with Crippen LogP contribution < -0.4 is 0 Å². The van der Waals surface area contributed by atoms with E-state index in [1.165, 1.54) is 19.3 Å². The lowest BCUT2D eigenvalue weighted by molar-refractivity contribution is -0.129. The van der Waals surface area contributed by atoms with Crippen LogP contribution in [0.15, 0.2) is 12.7 Å². The fourth-order valence-electron chi connectivity index (χ4n) is 1.25. The minimum atomic E-state index is 0.494. The number of hydrogen-bond acceptors (Lipinski definition) is 2. The van der Waals surface area contributed by atoms with Crippen LogP contribution in [0.25, 0.3) is 0 Å². The van der Waals surface area contributed by atoms with Gasteiger partial charge in [-0.2, -0.15) is 0 Å². The molecule has 0 saturated heterocycles. The van der Waals surface area contributed by atoms with E-state index in [1.807, 2.05) is 6.08 Å².